The Labute approximate surface area is 142 Å². The molecule has 2 N–H and O–H groups in total. The number of halogens is 2. The molecule has 3 aromatic rings. The lowest BCUT2D eigenvalue weighted by molar-refractivity contribution is 0.0925. The summed E-state index contributed by atoms with van der Waals surface area (Å²) in [5.74, 6) is -0.0428. The minimum atomic E-state index is -0.455. The highest BCUT2D eigenvalue weighted by molar-refractivity contribution is 6.31. The van der Waals surface area contributed by atoms with E-state index in [9.17, 15) is 9.18 Å². The number of carbonyl (C=O) groups is 1. The molecule has 1 aliphatic carbocycles. The number of oxazole rings is 1. The summed E-state index contributed by atoms with van der Waals surface area (Å²) in [6.07, 6.45) is 5.83. The van der Waals surface area contributed by atoms with Crippen molar-refractivity contribution in [2.45, 2.75) is 25.2 Å². The van der Waals surface area contributed by atoms with Crippen molar-refractivity contribution in [3.63, 3.8) is 0 Å². The first kappa shape index (κ1) is 15.2. The largest absolute Gasteiger partial charge is 0.438 e. The molecule has 0 unspecified atom stereocenters. The number of nitrogens with zero attached hydrogens (tertiary/aromatic N) is 1. The normalized spacial score (nSPS) is 14.2. The average molecular weight is 348 g/mol. The van der Waals surface area contributed by atoms with E-state index in [1.807, 2.05) is 0 Å². The van der Waals surface area contributed by atoms with Crippen LogP contribution >= 0.6 is 11.6 Å². The van der Waals surface area contributed by atoms with Crippen LogP contribution in [0.3, 0.4) is 0 Å². The molecular formula is C17H15ClFN3O2. The minimum absolute atomic E-state index is 0.0862. The molecule has 124 valence electrons. The fourth-order valence-electron chi connectivity index (χ4n) is 2.84. The zero-order valence-corrected chi connectivity index (χ0v) is 13.5. The van der Waals surface area contributed by atoms with Gasteiger partial charge in [0.25, 0.3) is 5.91 Å². The number of H-pyrrole nitrogens is 1. The zero-order chi connectivity index (χ0) is 16.7. The van der Waals surface area contributed by atoms with Gasteiger partial charge in [0.15, 0.2) is 6.39 Å². The predicted molar refractivity (Wildman–Crippen MR) is 87.8 cm³/mol. The molecule has 0 spiro atoms. The van der Waals surface area contributed by atoms with Crippen LogP contribution in [0.2, 0.25) is 5.02 Å². The fourth-order valence-corrected chi connectivity index (χ4v) is 3.01. The summed E-state index contributed by atoms with van der Waals surface area (Å²) in [4.78, 5) is 19.4. The third-order valence-electron chi connectivity index (χ3n) is 4.25. The molecule has 0 radical (unpaired) electrons. The van der Waals surface area contributed by atoms with Crippen LogP contribution in [0.25, 0.3) is 10.9 Å². The van der Waals surface area contributed by atoms with Gasteiger partial charge in [-0.05, 0) is 37.0 Å². The predicted octanol–water partition coefficient (Wildman–Crippen LogP) is 3.80. The van der Waals surface area contributed by atoms with Crippen LogP contribution in [0.15, 0.2) is 29.1 Å². The molecule has 1 fully saturated rings. The number of benzene rings is 1. The van der Waals surface area contributed by atoms with Gasteiger partial charge in [0, 0.05) is 29.6 Å². The number of hydrogen-bond acceptors (Lipinski definition) is 3. The molecule has 1 aromatic carbocycles. The van der Waals surface area contributed by atoms with Gasteiger partial charge in [-0.1, -0.05) is 11.6 Å². The molecule has 1 amide bonds. The topological polar surface area (TPSA) is 70.9 Å². The number of nitrogens with one attached hydrogen (secondary N) is 2. The molecule has 0 aliphatic heterocycles. The molecule has 0 atom stereocenters. The average Bonchev–Trinajstić information content (AvgIpc) is 3.17. The third kappa shape index (κ3) is 2.78. The van der Waals surface area contributed by atoms with Crippen LogP contribution in [0.5, 0.6) is 0 Å². The van der Waals surface area contributed by atoms with Gasteiger partial charge in [0.1, 0.15) is 5.82 Å². The van der Waals surface area contributed by atoms with E-state index in [0.717, 1.165) is 29.5 Å². The van der Waals surface area contributed by atoms with Crippen LogP contribution in [0, 0.1) is 5.82 Å². The lowest BCUT2D eigenvalue weighted by Crippen LogP contribution is -2.26. The van der Waals surface area contributed by atoms with Crippen molar-refractivity contribution in [2.24, 2.45) is 0 Å². The monoisotopic (exact) mass is 347 g/mol. The SMILES string of the molecule is O=C(NCCc1c[nH]c2cc(F)c(Cl)cc12)c1ocnc1C1CC1. The van der Waals surface area contributed by atoms with Crippen molar-refractivity contribution in [3.05, 3.63) is 52.6 Å². The summed E-state index contributed by atoms with van der Waals surface area (Å²) in [5, 5.41) is 3.79. The number of carbonyl (C=O) groups excluding carboxylic acids is 1. The lowest BCUT2D eigenvalue weighted by Gasteiger charge is -2.04. The second kappa shape index (κ2) is 5.94. The second-order valence-electron chi connectivity index (χ2n) is 5.97. The van der Waals surface area contributed by atoms with E-state index >= 15 is 0 Å². The quantitative estimate of drug-likeness (QED) is 0.737. The molecule has 24 heavy (non-hydrogen) atoms. The molecule has 5 nitrogen and oxygen atoms in total. The molecule has 1 saturated carbocycles. The maximum Gasteiger partial charge on any atom is 0.289 e. The Morgan fingerprint density at radius 3 is 3.08 bits per heavy atom. The highest BCUT2D eigenvalue weighted by atomic mass is 35.5. The van der Waals surface area contributed by atoms with E-state index in [2.05, 4.69) is 15.3 Å². The van der Waals surface area contributed by atoms with Crippen molar-refractivity contribution in [1.29, 1.82) is 0 Å². The Morgan fingerprint density at radius 1 is 1.46 bits per heavy atom. The van der Waals surface area contributed by atoms with Gasteiger partial charge in [-0.3, -0.25) is 4.79 Å². The summed E-state index contributed by atoms with van der Waals surface area (Å²) in [6, 6.07) is 2.97. The Morgan fingerprint density at radius 2 is 2.29 bits per heavy atom. The Balaban J connectivity index is 1.43. The molecule has 7 heteroatoms. The third-order valence-corrected chi connectivity index (χ3v) is 4.54. The van der Waals surface area contributed by atoms with Crippen molar-refractivity contribution in [3.8, 4) is 0 Å². The summed E-state index contributed by atoms with van der Waals surface area (Å²) in [5.41, 5.74) is 2.40. The molecule has 0 bridgehead atoms. The van der Waals surface area contributed by atoms with E-state index in [0.29, 0.717) is 30.2 Å². The molecular weight excluding hydrogens is 333 g/mol. The molecule has 0 saturated heterocycles. The van der Waals surface area contributed by atoms with Crippen molar-refractivity contribution >= 4 is 28.4 Å². The van der Waals surface area contributed by atoms with Crippen LogP contribution in [0.1, 0.15) is 40.6 Å². The number of fused-ring (bicyclic) bond motifs is 1. The smallest absolute Gasteiger partial charge is 0.289 e. The van der Waals surface area contributed by atoms with Gasteiger partial charge in [-0.15, -0.1) is 0 Å². The summed E-state index contributed by atoms with van der Waals surface area (Å²) in [7, 11) is 0. The maximum atomic E-state index is 13.5. The first-order chi connectivity index (χ1) is 11.6. The Hall–Kier alpha value is -2.34. The Bertz CT molecular complexity index is 914. The van der Waals surface area contributed by atoms with Gasteiger partial charge in [0.2, 0.25) is 5.76 Å². The molecule has 4 rings (SSSR count). The lowest BCUT2D eigenvalue weighted by atomic mass is 10.1. The van der Waals surface area contributed by atoms with E-state index in [1.165, 1.54) is 12.5 Å². The summed E-state index contributed by atoms with van der Waals surface area (Å²) >= 11 is 5.84. The number of aromatic nitrogens is 2. The highest BCUT2D eigenvalue weighted by Gasteiger charge is 2.31. The number of aromatic amines is 1. The number of hydrogen-bond donors (Lipinski definition) is 2. The molecule has 2 aromatic heterocycles. The van der Waals surface area contributed by atoms with Crippen LogP contribution in [-0.4, -0.2) is 22.4 Å². The van der Waals surface area contributed by atoms with E-state index < -0.39 is 5.82 Å². The maximum absolute atomic E-state index is 13.5. The van der Waals surface area contributed by atoms with Crippen LogP contribution in [-0.2, 0) is 6.42 Å². The molecule has 1 aliphatic rings. The van der Waals surface area contributed by atoms with Crippen molar-refractivity contribution in [2.75, 3.05) is 6.54 Å². The van der Waals surface area contributed by atoms with Crippen molar-refractivity contribution in [1.82, 2.24) is 15.3 Å². The second-order valence-corrected chi connectivity index (χ2v) is 6.38. The summed E-state index contributed by atoms with van der Waals surface area (Å²) < 4.78 is 18.7. The van der Waals surface area contributed by atoms with Gasteiger partial charge < -0.3 is 14.7 Å². The van der Waals surface area contributed by atoms with Gasteiger partial charge in [0.05, 0.1) is 10.7 Å². The van der Waals surface area contributed by atoms with E-state index in [-0.39, 0.29) is 10.9 Å². The zero-order valence-electron chi connectivity index (χ0n) is 12.7. The van der Waals surface area contributed by atoms with Crippen LogP contribution < -0.4 is 5.32 Å². The van der Waals surface area contributed by atoms with Crippen molar-refractivity contribution < 1.29 is 13.6 Å². The number of amides is 1. The summed E-state index contributed by atoms with van der Waals surface area (Å²) in [6.45, 7) is 0.436. The minimum Gasteiger partial charge on any atom is -0.438 e. The van der Waals surface area contributed by atoms with Gasteiger partial charge in [-0.25, -0.2) is 9.37 Å². The van der Waals surface area contributed by atoms with Gasteiger partial charge >= 0.3 is 0 Å². The first-order valence-corrected chi connectivity index (χ1v) is 8.18. The van der Waals surface area contributed by atoms with E-state index in [1.54, 1.807) is 12.3 Å². The molecule has 2 heterocycles. The van der Waals surface area contributed by atoms with E-state index in [4.69, 9.17) is 16.0 Å². The first-order valence-electron chi connectivity index (χ1n) is 7.80. The fraction of sp³-hybridized carbons (Fsp3) is 0.294. The van der Waals surface area contributed by atoms with Crippen LogP contribution in [0.4, 0.5) is 4.39 Å². The Kier molecular flexibility index (Phi) is 3.76. The number of rotatable bonds is 5. The standard InChI is InChI=1S/C17H15ClFN3O2/c18-12-5-11-10(7-21-14(11)6-13(12)19)3-4-20-17(23)16-15(9-1-2-9)22-8-24-16/h5-9,21H,1-4H2,(H,20,23). The van der Waals surface area contributed by atoms with Gasteiger partial charge in [-0.2, -0.15) is 0 Å². The highest BCUT2D eigenvalue weighted by Crippen LogP contribution is 2.40.